The molecular weight excluding hydrogens is 454 g/mol. The topological polar surface area (TPSA) is 138 Å². The molecule has 0 aliphatic carbocycles. The van der Waals surface area contributed by atoms with Crippen LogP contribution in [0.1, 0.15) is 31.1 Å². The van der Waals surface area contributed by atoms with E-state index in [9.17, 15) is 14.4 Å². The third kappa shape index (κ3) is 7.46. The zero-order valence-electron chi connectivity index (χ0n) is 18.9. The first-order valence-corrected chi connectivity index (χ1v) is 10.1. The molecule has 0 fully saturated rings. The van der Waals surface area contributed by atoms with Gasteiger partial charge < -0.3 is 30.0 Å². The van der Waals surface area contributed by atoms with Gasteiger partial charge in [-0.1, -0.05) is 11.6 Å². The monoisotopic (exact) mass is 479 g/mol. The summed E-state index contributed by atoms with van der Waals surface area (Å²) in [7, 11) is 2.81. The quantitative estimate of drug-likeness (QED) is 0.523. The molecule has 0 bridgehead atoms. The second kappa shape index (κ2) is 10.8. The number of benzene rings is 2. The number of carbonyl (C=O) groups is 3. The van der Waals surface area contributed by atoms with Crippen molar-refractivity contribution in [1.82, 2.24) is 0 Å². The third-order valence-electron chi connectivity index (χ3n) is 3.94. The van der Waals surface area contributed by atoms with Crippen molar-refractivity contribution in [3.63, 3.8) is 0 Å². The molecule has 0 aromatic heterocycles. The van der Waals surface area contributed by atoms with Crippen molar-refractivity contribution in [2.45, 2.75) is 26.4 Å². The number of amides is 3. The Labute approximate surface area is 196 Å². The number of primary amides is 1. The van der Waals surface area contributed by atoms with Crippen molar-refractivity contribution in [3.05, 3.63) is 40.9 Å². The Hall–Kier alpha value is -3.66. The predicted molar refractivity (Wildman–Crippen MR) is 123 cm³/mol. The van der Waals surface area contributed by atoms with E-state index in [1.807, 2.05) is 0 Å². The van der Waals surface area contributed by atoms with Crippen molar-refractivity contribution < 1.29 is 33.3 Å². The first-order chi connectivity index (χ1) is 15.4. The lowest BCUT2D eigenvalue weighted by Gasteiger charge is -2.20. The van der Waals surface area contributed by atoms with Gasteiger partial charge in [0.25, 0.3) is 11.8 Å². The maximum atomic E-state index is 12.8. The zero-order valence-corrected chi connectivity index (χ0v) is 19.7. The lowest BCUT2D eigenvalue weighted by molar-refractivity contribution is -0.119. The van der Waals surface area contributed by atoms with Gasteiger partial charge in [-0.05, 0) is 51.1 Å². The van der Waals surface area contributed by atoms with Crippen LogP contribution in [0, 0.1) is 0 Å². The summed E-state index contributed by atoms with van der Waals surface area (Å²) in [4.78, 5) is 35.9. The fraction of sp³-hybridized carbons (Fsp3) is 0.318. The summed E-state index contributed by atoms with van der Waals surface area (Å²) in [6.07, 6.45) is -0.674. The SMILES string of the molecule is COc1ccc(NC(=O)c2cc(Cl)c(OCC(N)=O)c(OC)c2)cc1NC(=O)OC(C)(C)C. The zero-order chi connectivity index (χ0) is 24.8. The molecule has 178 valence electrons. The molecule has 2 rings (SSSR count). The van der Waals surface area contributed by atoms with E-state index < -0.39 is 30.1 Å². The number of ether oxygens (including phenoxy) is 4. The van der Waals surface area contributed by atoms with Crippen molar-refractivity contribution in [2.75, 3.05) is 31.5 Å². The Morgan fingerprint density at radius 3 is 2.24 bits per heavy atom. The van der Waals surface area contributed by atoms with Crippen LogP contribution in [0.25, 0.3) is 0 Å². The number of rotatable bonds is 8. The van der Waals surface area contributed by atoms with Crippen LogP contribution < -0.4 is 30.6 Å². The van der Waals surface area contributed by atoms with Crippen LogP contribution in [-0.2, 0) is 9.53 Å². The highest BCUT2D eigenvalue weighted by molar-refractivity contribution is 6.32. The van der Waals surface area contributed by atoms with E-state index in [1.165, 1.54) is 32.4 Å². The molecule has 0 unspecified atom stereocenters. The fourth-order valence-electron chi connectivity index (χ4n) is 2.63. The van der Waals surface area contributed by atoms with Crippen LogP contribution in [0.2, 0.25) is 5.02 Å². The number of nitrogens with one attached hydrogen (secondary N) is 2. The van der Waals surface area contributed by atoms with Crippen LogP contribution in [-0.4, -0.2) is 44.3 Å². The van der Waals surface area contributed by atoms with Crippen LogP contribution in [0.15, 0.2) is 30.3 Å². The Kier molecular flexibility index (Phi) is 8.36. The van der Waals surface area contributed by atoms with E-state index in [-0.39, 0.29) is 22.1 Å². The lowest BCUT2D eigenvalue weighted by atomic mass is 10.1. The van der Waals surface area contributed by atoms with Gasteiger partial charge in [-0.3, -0.25) is 14.9 Å². The summed E-state index contributed by atoms with van der Waals surface area (Å²) in [5, 5.41) is 5.36. The standard InChI is InChI=1S/C22H26ClN3O7/c1-22(2,3)33-21(29)26-15-10-13(6-7-16(15)30-4)25-20(28)12-8-14(23)19(17(9-12)31-5)32-11-18(24)27/h6-10H,11H2,1-5H3,(H2,24,27)(H,25,28)(H,26,29). The Morgan fingerprint density at radius 2 is 1.67 bits per heavy atom. The average molecular weight is 480 g/mol. The maximum Gasteiger partial charge on any atom is 0.412 e. The second-order valence-electron chi connectivity index (χ2n) is 7.74. The minimum absolute atomic E-state index is 0.0581. The minimum atomic E-state index is -0.690. The van der Waals surface area contributed by atoms with E-state index in [4.69, 9.17) is 36.3 Å². The molecule has 11 heteroatoms. The van der Waals surface area contributed by atoms with Gasteiger partial charge in [0, 0.05) is 11.3 Å². The largest absolute Gasteiger partial charge is 0.495 e. The molecule has 33 heavy (non-hydrogen) atoms. The molecule has 10 nitrogen and oxygen atoms in total. The van der Waals surface area contributed by atoms with E-state index in [0.29, 0.717) is 17.1 Å². The van der Waals surface area contributed by atoms with Crippen molar-refractivity contribution in [1.29, 1.82) is 0 Å². The van der Waals surface area contributed by atoms with Crippen molar-refractivity contribution in [2.24, 2.45) is 5.73 Å². The normalized spacial score (nSPS) is 10.7. The van der Waals surface area contributed by atoms with Gasteiger partial charge in [0.1, 0.15) is 11.4 Å². The number of nitrogens with two attached hydrogens (primary N) is 1. The Balaban J connectivity index is 2.25. The highest BCUT2D eigenvalue weighted by Gasteiger charge is 2.19. The highest BCUT2D eigenvalue weighted by Crippen LogP contribution is 2.37. The third-order valence-corrected chi connectivity index (χ3v) is 4.22. The molecular formula is C22H26ClN3O7. The van der Waals surface area contributed by atoms with Gasteiger partial charge in [0.15, 0.2) is 18.1 Å². The van der Waals surface area contributed by atoms with Crippen LogP contribution in [0.4, 0.5) is 16.2 Å². The van der Waals surface area contributed by atoms with Crippen LogP contribution >= 0.6 is 11.6 Å². The number of methoxy groups -OCH3 is 2. The Morgan fingerprint density at radius 1 is 1.00 bits per heavy atom. The van der Waals surface area contributed by atoms with E-state index in [0.717, 1.165) is 0 Å². The first kappa shape index (κ1) is 25.6. The number of anilines is 2. The fourth-order valence-corrected chi connectivity index (χ4v) is 2.90. The second-order valence-corrected chi connectivity index (χ2v) is 8.15. The van der Waals surface area contributed by atoms with E-state index >= 15 is 0 Å². The maximum absolute atomic E-state index is 12.8. The summed E-state index contributed by atoms with van der Waals surface area (Å²) in [6, 6.07) is 7.46. The molecule has 0 aliphatic rings. The molecule has 2 aromatic rings. The summed E-state index contributed by atoms with van der Waals surface area (Å²) < 4.78 is 21.0. The van der Waals surface area contributed by atoms with Gasteiger partial charge in [-0.25, -0.2) is 4.79 Å². The van der Waals surface area contributed by atoms with Gasteiger partial charge >= 0.3 is 6.09 Å². The van der Waals surface area contributed by atoms with E-state index in [2.05, 4.69) is 10.6 Å². The van der Waals surface area contributed by atoms with Crippen molar-refractivity contribution >= 4 is 40.9 Å². The number of hydrogen-bond donors (Lipinski definition) is 3. The number of hydrogen-bond acceptors (Lipinski definition) is 7. The van der Waals surface area contributed by atoms with Gasteiger partial charge in [-0.15, -0.1) is 0 Å². The molecule has 0 spiro atoms. The summed E-state index contributed by atoms with van der Waals surface area (Å²) >= 11 is 6.20. The number of carbonyl (C=O) groups excluding carboxylic acids is 3. The summed E-state index contributed by atoms with van der Waals surface area (Å²) in [5.74, 6) is -0.589. The van der Waals surface area contributed by atoms with Crippen LogP contribution in [0.5, 0.6) is 17.2 Å². The number of halogens is 1. The van der Waals surface area contributed by atoms with Crippen LogP contribution in [0.3, 0.4) is 0 Å². The minimum Gasteiger partial charge on any atom is -0.495 e. The smallest absolute Gasteiger partial charge is 0.412 e. The molecule has 4 N–H and O–H groups in total. The summed E-state index contributed by atoms with van der Waals surface area (Å²) in [5.41, 5.74) is 5.24. The Bertz CT molecular complexity index is 1050. The van der Waals surface area contributed by atoms with E-state index in [1.54, 1.807) is 32.9 Å². The molecule has 3 amide bonds. The predicted octanol–water partition coefficient (Wildman–Crippen LogP) is 3.82. The molecule has 0 radical (unpaired) electrons. The van der Waals surface area contributed by atoms with Gasteiger partial charge in [0.05, 0.1) is 24.9 Å². The summed E-state index contributed by atoms with van der Waals surface area (Å²) in [6.45, 7) is 4.82. The van der Waals surface area contributed by atoms with Gasteiger partial charge in [0.2, 0.25) is 0 Å². The highest BCUT2D eigenvalue weighted by atomic mass is 35.5. The van der Waals surface area contributed by atoms with Crippen molar-refractivity contribution in [3.8, 4) is 17.2 Å². The van der Waals surface area contributed by atoms with Gasteiger partial charge in [-0.2, -0.15) is 0 Å². The molecule has 0 saturated heterocycles. The molecule has 0 aliphatic heterocycles. The lowest BCUT2D eigenvalue weighted by Crippen LogP contribution is -2.27. The molecule has 0 atom stereocenters. The molecule has 0 saturated carbocycles. The average Bonchev–Trinajstić information content (AvgIpc) is 2.70. The molecule has 0 heterocycles. The first-order valence-electron chi connectivity index (χ1n) is 9.71. The molecule has 2 aromatic carbocycles.